The molecule has 19 heavy (non-hydrogen) atoms. The number of aryl methyl sites for hydroxylation is 1. The lowest BCUT2D eigenvalue weighted by Crippen LogP contribution is -2.43. The fourth-order valence-corrected chi connectivity index (χ4v) is 2.66. The molecule has 0 unspecified atom stereocenters. The second-order valence-electron chi connectivity index (χ2n) is 5.77. The molecule has 1 aromatic rings. The molecular formula is C16H24N2O. The third-order valence-electron chi connectivity index (χ3n) is 4.12. The summed E-state index contributed by atoms with van der Waals surface area (Å²) in [5, 5.41) is 3.39. The van der Waals surface area contributed by atoms with Crippen LogP contribution in [0.25, 0.3) is 0 Å². The van der Waals surface area contributed by atoms with Gasteiger partial charge in [0.1, 0.15) is 5.75 Å². The number of ether oxygens (including phenoxy) is 1. The quantitative estimate of drug-likeness (QED) is 0.880. The van der Waals surface area contributed by atoms with Crippen molar-refractivity contribution in [1.82, 2.24) is 5.32 Å². The standard InChI is InChI=1S/C16H24N2O/c1-13-12-15(18-9-7-17-8-10-18)4-5-16(13)19-11-6-14-2-3-14/h4-5,12,14,17H,2-3,6-11H2,1H3. The largest absolute Gasteiger partial charge is 0.493 e. The highest BCUT2D eigenvalue weighted by Crippen LogP contribution is 2.32. The first-order valence-electron chi connectivity index (χ1n) is 7.52. The van der Waals surface area contributed by atoms with Crippen LogP contribution in [0.15, 0.2) is 18.2 Å². The van der Waals surface area contributed by atoms with Gasteiger partial charge in [-0.1, -0.05) is 12.8 Å². The summed E-state index contributed by atoms with van der Waals surface area (Å²) in [6.07, 6.45) is 4.04. The number of hydrogen-bond acceptors (Lipinski definition) is 3. The van der Waals surface area contributed by atoms with E-state index in [2.05, 4.69) is 35.3 Å². The van der Waals surface area contributed by atoms with E-state index in [9.17, 15) is 0 Å². The molecule has 3 rings (SSSR count). The Morgan fingerprint density at radius 2 is 2.05 bits per heavy atom. The lowest BCUT2D eigenvalue weighted by molar-refractivity contribution is 0.300. The van der Waals surface area contributed by atoms with Gasteiger partial charge in [-0.2, -0.15) is 0 Å². The summed E-state index contributed by atoms with van der Waals surface area (Å²) in [6, 6.07) is 6.60. The second-order valence-corrected chi connectivity index (χ2v) is 5.77. The lowest BCUT2D eigenvalue weighted by atomic mass is 10.1. The Bertz CT molecular complexity index is 423. The Kier molecular flexibility index (Phi) is 3.92. The number of hydrogen-bond donors (Lipinski definition) is 1. The van der Waals surface area contributed by atoms with Crippen molar-refractivity contribution in [3.63, 3.8) is 0 Å². The first kappa shape index (κ1) is 12.8. The van der Waals surface area contributed by atoms with Crippen LogP contribution >= 0.6 is 0 Å². The van der Waals surface area contributed by atoms with Crippen molar-refractivity contribution in [2.75, 3.05) is 37.7 Å². The molecule has 2 aliphatic rings. The van der Waals surface area contributed by atoms with Gasteiger partial charge in [0.05, 0.1) is 6.61 Å². The van der Waals surface area contributed by atoms with E-state index in [-0.39, 0.29) is 0 Å². The summed E-state index contributed by atoms with van der Waals surface area (Å²) in [5.74, 6) is 2.00. The summed E-state index contributed by atoms with van der Waals surface area (Å²) < 4.78 is 5.90. The number of piperazine rings is 1. The van der Waals surface area contributed by atoms with Gasteiger partial charge in [-0.15, -0.1) is 0 Å². The Morgan fingerprint density at radius 3 is 2.74 bits per heavy atom. The topological polar surface area (TPSA) is 24.5 Å². The average Bonchev–Trinajstić information content (AvgIpc) is 3.26. The molecule has 1 aliphatic carbocycles. The van der Waals surface area contributed by atoms with E-state index in [0.717, 1.165) is 44.5 Å². The zero-order chi connectivity index (χ0) is 13.1. The molecule has 104 valence electrons. The average molecular weight is 260 g/mol. The molecule has 1 heterocycles. The van der Waals surface area contributed by atoms with Crippen molar-refractivity contribution >= 4 is 5.69 Å². The number of nitrogens with one attached hydrogen (secondary N) is 1. The highest BCUT2D eigenvalue weighted by atomic mass is 16.5. The van der Waals surface area contributed by atoms with E-state index in [0.29, 0.717) is 0 Å². The van der Waals surface area contributed by atoms with Crippen molar-refractivity contribution in [3.05, 3.63) is 23.8 Å². The minimum Gasteiger partial charge on any atom is -0.493 e. The molecule has 1 saturated carbocycles. The van der Waals surface area contributed by atoms with E-state index in [1.165, 1.54) is 30.5 Å². The fraction of sp³-hybridized carbons (Fsp3) is 0.625. The highest BCUT2D eigenvalue weighted by Gasteiger charge is 2.20. The van der Waals surface area contributed by atoms with Gasteiger partial charge in [0.2, 0.25) is 0 Å². The molecule has 0 spiro atoms. The van der Waals surface area contributed by atoms with Crippen molar-refractivity contribution in [3.8, 4) is 5.75 Å². The van der Waals surface area contributed by atoms with Gasteiger partial charge in [0.25, 0.3) is 0 Å². The molecule has 0 atom stereocenters. The molecule has 0 bridgehead atoms. The molecule has 1 aliphatic heterocycles. The van der Waals surface area contributed by atoms with Gasteiger partial charge in [0, 0.05) is 31.9 Å². The third kappa shape index (κ3) is 3.41. The van der Waals surface area contributed by atoms with Gasteiger partial charge in [-0.25, -0.2) is 0 Å². The SMILES string of the molecule is Cc1cc(N2CCNCC2)ccc1OCCC1CC1. The predicted octanol–water partition coefficient (Wildman–Crippen LogP) is 2.58. The first-order chi connectivity index (χ1) is 9.33. The Balaban J connectivity index is 1.59. The number of rotatable bonds is 5. The van der Waals surface area contributed by atoms with E-state index >= 15 is 0 Å². The third-order valence-corrected chi connectivity index (χ3v) is 4.12. The van der Waals surface area contributed by atoms with Crippen LogP contribution in [0.3, 0.4) is 0 Å². The van der Waals surface area contributed by atoms with Gasteiger partial charge in [-0.05, 0) is 43.0 Å². The van der Waals surface area contributed by atoms with Gasteiger partial charge in [0.15, 0.2) is 0 Å². The lowest BCUT2D eigenvalue weighted by Gasteiger charge is -2.29. The number of anilines is 1. The van der Waals surface area contributed by atoms with Crippen LogP contribution < -0.4 is 15.0 Å². The molecule has 1 aromatic carbocycles. The summed E-state index contributed by atoms with van der Waals surface area (Å²) in [7, 11) is 0. The van der Waals surface area contributed by atoms with Crippen LogP contribution in [0.2, 0.25) is 0 Å². The number of nitrogens with zero attached hydrogens (tertiary/aromatic N) is 1. The molecule has 1 saturated heterocycles. The molecular weight excluding hydrogens is 236 g/mol. The van der Waals surface area contributed by atoms with Gasteiger partial charge in [-0.3, -0.25) is 0 Å². The molecule has 0 amide bonds. The summed E-state index contributed by atoms with van der Waals surface area (Å²) in [4.78, 5) is 2.44. The van der Waals surface area contributed by atoms with E-state index in [1.807, 2.05) is 0 Å². The fourth-order valence-electron chi connectivity index (χ4n) is 2.66. The van der Waals surface area contributed by atoms with Gasteiger partial charge >= 0.3 is 0 Å². The maximum absolute atomic E-state index is 5.90. The molecule has 1 N–H and O–H groups in total. The Hall–Kier alpha value is -1.22. The summed E-state index contributed by atoms with van der Waals surface area (Å²) >= 11 is 0. The molecule has 0 aromatic heterocycles. The van der Waals surface area contributed by atoms with Crippen LogP contribution in [0.5, 0.6) is 5.75 Å². The van der Waals surface area contributed by atoms with Crippen molar-refractivity contribution in [2.45, 2.75) is 26.2 Å². The van der Waals surface area contributed by atoms with Crippen LogP contribution in [-0.4, -0.2) is 32.8 Å². The molecule has 3 nitrogen and oxygen atoms in total. The zero-order valence-electron chi connectivity index (χ0n) is 11.8. The maximum Gasteiger partial charge on any atom is 0.122 e. The monoisotopic (exact) mass is 260 g/mol. The first-order valence-corrected chi connectivity index (χ1v) is 7.52. The highest BCUT2D eigenvalue weighted by molar-refractivity contribution is 5.53. The molecule has 3 heteroatoms. The zero-order valence-corrected chi connectivity index (χ0v) is 11.8. The predicted molar refractivity (Wildman–Crippen MR) is 79.1 cm³/mol. The van der Waals surface area contributed by atoms with E-state index in [4.69, 9.17) is 4.74 Å². The molecule has 2 fully saturated rings. The minimum atomic E-state index is 0.873. The summed E-state index contributed by atoms with van der Waals surface area (Å²) in [6.45, 7) is 7.39. The normalized spacial score (nSPS) is 19.5. The van der Waals surface area contributed by atoms with Crippen LogP contribution in [-0.2, 0) is 0 Å². The summed E-state index contributed by atoms with van der Waals surface area (Å²) in [5.41, 5.74) is 2.58. The van der Waals surface area contributed by atoms with Crippen LogP contribution in [0.4, 0.5) is 5.69 Å². The van der Waals surface area contributed by atoms with Gasteiger partial charge < -0.3 is 15.0 Å². The smallest absolute Gasteiger partial charge is 0.122 e. The Labute approximate surface area is 115 Å². The van der Waals surface area contributed by atoms with E-state index in [1.54, 1.807) is 0 Å². The van der Waals surface area contributed by atoms with Crippen molar-refractivity contribution in [2.24, 2.45) is 5.92 Å². The van der Waals surface area contributed by atoms with Crippen LogP contribution in [0.1, 0.15) is 24.8 Å². The second kappa shape index (κ2) is 5.83. The van der Waals surface area contributed by atoms with Crippen molar-refractivity contribution in [1.29, 1.82) is 0 Å². The maximum atomic E-state index is 5.90. The Morgan fingerprint density at radius 1 is 1.26 bits per heavy atom. The minimum absolute atomic E-state index is 0.873. The van der Waals surface area contributed by atoms with Crippen molar-refractivity contribution < 1.29 is 4.74 Å². The van der Waals surface area contributed by atoms with Crippen LogP contribution in [0, 0.1) is 12.8 Å². The number of benzene rings is 1. The van der Waals surface area contributed by atoms with E-state index < -0.39 is 0 Å². The molecule has 0 radical (unpaired) electrons.